The lowest BCUT2D eigenvalue weighted by Crippen LogP contribution is -2.40. The summed E-state index contributed by atoms with van der Waals surface area (Å²) in [4.78, 5) is 19.5. The number of carbonyl (C=O) groups excluding carboxylic acids is 1. The molecular weight excluding hydrogens is 408 g/mol. The van der Waals surface area contributed by atoms with E-state index in [-0.39, 0.29) is 5.91 Å². The summed E-state index contributed by atoms with van der Waals surface area (Å²) in [5.74, 6) is 0.747. The van der Waals surface area contributed by atoms with Crippen molar-refractivity contribution in [2.24, 2.45) is 7.05 Å². The fraction of sp³-hybridized carbons (Fsp3) is 0.300. The number of rotatable bonds is 3. The average molecular weight is 429 g/mol. The Morgan fingerprint density at radius 1 is 1.30 bits per heavy atom. The Morgan fingerprint density at radius 3 is 2.81 bits per heavy atom. The molecule has 3 aromatic rings. The number of hydrogen-bond donors (Lipinski definition) is 1. The molecule has 0 spiro atoms. The van der Waals surface area contributed by atoms with E-state index in [0.29, 0.717) is 31.9 Å². The number of nitrogens with one attached hydrogen (secondary N) is 1. The quantitative estimate of drug-likeness (QED) is 0.687. The summed E-state index contributed by atoms with van der Waals surface area (Å²) in [6, 6.07) is 7.93. The highest BCUT2D eigenvalue weighted by molar-refractivity contribution is 9.10. The second-order valence-electron chi connectivity index (χ2n) is 6.71. The minimum atomic E-state index is 0.0131. The number of nitrogens with zero attached hydrogens (tertiary/aromatic N) is 3. The SMILES string of the molecule is Cc1cn(C)c2c(Nc3cccc(Br)c3)ncc(C(=O)N3CCOCC3)c12. The molecule has 140 valence electrons. The summed E-state index contributed by atoms with van der Waals surface area (Å²) >= 11 is 3.49. The molecule has 0 atom stereocenters. The van der Waals surface area contributed by atoms with Crippen molar-refractivity contribution in [3.8, 4) is 0 Å². The van der Waals surface area contributed by atoms with E-state index in [0.717, 1.165) is 32.4 Å². The van der Waals surface area contributed by atoms with Crippen LogP contribution in [0.2, 0.25) is 0 Å². The van der Waals surface area contributed by atoms with Gasteiger partial charge in [0.25, 0.3) is 5.91 Å². The first-order valence-electron chi connectivity index (χ1n) is 8.89. The lowest BCUT2D eigenvalue weighted by Gasteiger charge is -2.27. The van der Waals surface area contributed by atoms with Gasteiger partial charge in [0.2, 0.25) is 0 Å². The average Bonchev–Trinajstić information content (AvgIpc) is 2.97. The van der Waals surface area contributed by atoms with Gasteiger partial charge < -0.3 is 19.5 Å². The maximum Gasteiger partial charge on any atom is 0.256 e. The van der Waals surface area contributed by atoms with Crippen LogP contribution >= 0.6 is 15.9 Å². The first-order chi connectivity index (χ1) is 13.0. The molecule has 0 saturated carbocycles. The van der Waals surface area contributed by atoms with Gasteiger partial charge in [0, 0.05) is 48.1 Å². The molecule has 1 aromatic carbocycles. The third-order valence-corrected chi connectivity index (χ3v) is 5.30. The van der Waals surface area contributed by atoms with Crippen LogP contribution in [0.4, 0.5) is 11.5 Å². The topological polar surface area (TPSA) is 59.4 Å². The molecule has 4 rings (SSSR count). The van der Waals surface area contributed by atoms with Crippen molar-refractivity contribution in [2.45, 2.75) is 6.92 Å². The van der Waals surface area contributed by atoms with Gasteiger partial charge in [0.1, 0.15) is 0 Å². The second kappa shape index (κ2) is 7.32. The van der Waals surface area contributed by atoms with Crippen LogP contribution < -0.4 is 5.32 Å². The Labute approximate surface area is 166 Å². The highest BCUT2D eigenvalue weighted by Gasteiger charge is 2.24. The zero-order valence-electron chi connectivity index (χ0n) is 15.3. The van der Waals surface area contributed by atoms with Crippen molar-refractivity contribution in [1.29, 1.82) is 0 Å². The molecule has 2 aromatic heterocycles. The number of benzene rings is 1. The first kappa shape index (κ1) is 18.0. The monoisotopic (exact) mass is 428 g/mol. The summed E-state index contributed by atoms with van der Waals surface area (Å²) in [6.45, 7) is 4.42. The van der Waals surface area contributed by atoms with Gasteiger partial charge in [-0.3, -0.25) is 4.79 Å². The van der Waals surface area contributed by atoms with E-state index < -0.39 is 0 Å². The summed E-state index contributed by atoms with van der Waals surface area (Å²) in [5, 5.41) is 4.33. The molecule has 1 aliphatic heterocycles. The largest absolute Gasteiger partial charge is 0.378 e. The number of pyridine rings is 1. The molecule has 1 amide bonds. The van der Waals surface area contributed by atoms with E-state index in [1.807, 2.05) is 53.9 Å². The number of halogens is 1. The Bertz CT molecular complexity index is 1010. The van der Waals surface area contributed by atoms with Crippen LogP contribution in [0.3, 0.4) is 0 Å². The van der Waals surface area contributed by atoms with Crippen molar-refractivity contribution in [2.75, 3.05) is 31.6 Å². The van der Waals surface area contributed by atoms with Crippen LogP contribution in [0.15, 0.2) is 41.1 Å². The molecule has 1 fully saturated rings. The number of aromatic nitrogens is 2. The van der Waals surface area contributed by atoms with Crippen LogP contribution in [0.25, 0.3) is 10.9 Å². The minimum Gasteiger partial charge on any atom is -0.378 e. The molecule has 0 radical (unpaired) electrons. The summed E-state index contributed by atoms with van der Waals surface area (Å²) in [5.41, 5.74) is 3.56. The van der Waals surface area contributed by atoms with Crippen LogP contribution in [-0.2, 0) is 11.8 Å². The molecule has 0 aliphatic carbocycles. The molecule has 6 nitrogen and oxygen atoms in total. The third kappa shape index (κ3) is 3.44. The number of hydrogen-bond acceptors (Lipinski definition) is 4. The molecule has 3 heterocycles. The molecule has 1 N–H and O–H groups in total. The standard InChI is InChI=1S/C20H21BrN4O2/c1-13-12-24(2)18-17(13)16(20(26)25-6-8-27-9-7-25)11-22-19(18)23-15-5-3-4-14(21)10-15/h3-5,10-12H,6-9H2,1-2H3,(H,22,23). The highest BCUT2D eigenvalue weighted by Crippen LogP contribution is 2.31. The van der Waals surface area contributed by atoms with Crippen LogP contribution in [0.5, 0.6) is 0 Å². The van der Waals surface area contributed by atoms with Gasteiger partial charge in [0.15, 0.2) is 5.82 Å². The number of fused-ring (bicyclic) bond motifs is 1. The first-order valence-corrected chi connectivity index (χ1v) is 9.68. The van der Waals surface area contributed by atoms with Crippen LogP contribution in [0, 0.1) is 6.92 Å². The third-order valence-electron chi connectivity index (χ3n) is 4.80. The van der Waals surface area contributed by atoms with Gasteiger partial charge in [0.05, 0.1) is 24.3 Å². The van der Waals surface area contributed by atoms with E-state index in [1.165, 1.54) is 0 Å². The Hall–Kier alpha value is -2.38. The minimum absolute atomic E-state index is 0.0131. The van der Waals surface area contributed by atoms with E-state index >= 15 is 0 Å². The summed E-state index contributed by atoms with van der Waals surface area (Å²) in [7, 11) is 1.98. The molecule has 27 heavy (non-hydrogen) atoms. The Balaban J connectivity index is 1.78. The summed E-state index contributed by atoms with van der Waals surface area (Å²) in [6.07, 6.45) is 3.72. The predicted octanol–water partition coefficient (Wildman–Crippen LogP) is 3.86. The highest BCUT2D eigenvalue weighted by atomic mass is 79.9. The van der Waals surface area contributed by atoms with Crippen molar-refractivity contribution in [1.82, 2.24) is 14.5 Å². The summed E-state index contributed by atoms with van der Waals surface area (Å²) < 4.78 is 8.38. The predicted molar refractivity (Wildman–Crippen MR) is 110 cm³/mol. The van der Waals surface area contributed by atoms with E-state index in [4.69, 9.17) is 4.74 Å². The lowest BCUT2D eigenvalue weighted by atomic mass is 10.1. The maximum absolute atomic E-state index is 13.1. The molecule has 7 heteroatoms. The second-order valence-corrected chi connectivity index (χ2v) is 7.62. The van der Waals surface area contributed by atoms with E-state index in [2.05, 4.69) is 26.2 Å². The van der Waals surface area contributed by atoms with Gasteiger partial charge >= 0.3 is 0 Å². The number of carbonyl (C=O) groups is 1. The van der Waals surface area contributed by atoms with Gasteiger partial charge in [-0.25, -0.2) is 4.98 Å². The molecular formula is C20H21BrN4O2. The lowest BCUT2D eigenvalue weighted by molar-refractivity contribution is 0.0304. The number of aryl methyl sites for hydroxylation is 2. The van der Waals surface area contributed by atoms with E-state index in [9.17, 15) is 4.79 Å². The van der Waals surface area contributed by atoms with Gasteiger partial charge in [-0.15, -0.1) is 0 Å². The fourth-order valence-electron chi connectivity index (χ4n) is 3.56. The Morgan fingerprint density at radius 2 is 2.07 bits per heavy atom. The zero-order chi connectivity index (χ0) is 19.0. The number of anilines is 2. The normalized spacial score (nSPS) is 14.6. The molecule has 0 bridgehead atoms. The fourth-order valence-corrected chi connectivity index (χ4v) is 3.96. The molecule has 1 aliphatic rings. The van der Waals surface area contributed by atoms with Gasteiger partial charge in [-0.2, -0.15) is 0 Å². The maximum atomic E-state index is 13.1. The van der Waals surface area contributed by atoms with E-state index in [1.54, 1.807) is 6.20 Å². The zero-order valence-corrected chi connectivity index (χ0v) is 16.9. The van der Waals surface area contributed by atoms with Crippen molar-refractivity contribution < 1.29 is 9.53 Å². The van der Waals surface area contributed by atoms with Crippen LogP contribution in [-0.4, -0.2) is 46.7 Å². The number of morpholine rings is 1. The number of ether oxygens (including phenoxy) is 1. The number of amides is 1. The smallest absolute Gasteiger partial charge is 0.256 e. The van der Waals surface area contributed by atoms with Crippen molar-refractivity contribution >= 4 is 44.2 Å². The van der Waals surface area contributed by atoms with Crippen molar-refractivity contribution in [3.63, 3.8) is 0 Å². The van der Waals surface area contributed by atoms with Crippen LogP contribution in [0.1, 0.15) is 15.9 Å². The van der Waals surface area contributed by atoms with Crippen molar-refractivity contribution in [3.05, 3.63) is 52.3 Å². The Kier molecular flexibility index (Phi) is 4.88. The molecule has 0 unspecified atom stereocenters. The molecule has 1 saturated heterocycles. The van der Waals surface area contributed by atoms with Gasteiger partial charge in [-0.1, -0.05) is 22.0 Å². The van der Waals surface area contributed by atoms with Gasteiger partial charge in [-0.05, 0) is 30.7 Å².